The number of piperazine rings is 1. The first-order valence-corrected chi connectivity index (χ1v) is 11.4. The van der Waals surface area contributed by atoms with E-state index in [1.807, 2.05) is 28.3 Å². The van der Waals surface area contributed by atoms with Crippen LogP contribution in [0.25, 0.3) is 10.7 Å². The lowest BCUT2D eigenvalue weighted by Gasteiger charge is -2.36. The van der Waals surface area contributed by atoms with Crippen LogP contribution >= 0.6 is 23.6 Å². The van der Waals surface area contributed by atoms with Crippen LogP contribution in [0.3, 0.4) is 0 Å². The maximum atomic E-state index is 12.5. The highest BCUT2D eigenvalue weighted by atomic mass is 32.1. The van der Waals surface area contributed by atoms with Crippen molar-refractivity contribution in [3.05, 3.63) is 22.3 Å². The van der Waals surface area contributed by atoms with E-state index in [9.17, 15) is 4.79 Å². The molecule has 1 aliphatic heterocycles. The van der Waals surface area contributed by atoms with E-state index >= 15 is 0 Å². The predicted octanol–water partition coefficient (Wildman–Crippen LogP) is 3.51. The molecule has 2 aliphatic rings. The van der Waals surface area contributed by atoms with Gasteiger partial charge in [0.25, 0.3) is 0 Å². The van der Waals surface area contributed by atoms with Gasteiger partial charge in [0.2, 0.25) is 0 Å². The van der Waals surface area contributed by atoms with Gasteiger partial charge in [0.15, 0.2) is 10.6 Å². The Bertz CT molecular complexity index is 858. The quantitative estimate of drug-likeness (QED) is 0.671. The Morgan fingerprint density at radius 3 is 2.54 bits per heavy atom. The Balaban J connectivity index is 1.44. The summed E-state index contributed by atoms with van der Waals surface area (Å²) >= 11 is 7.48. The van der Waals surface area contributed by atoms with Crippen LogP contribution in [-0.4, -0.2) is 74.3 Å². The second-order valence-corrected chi connectivity index (χ2v) is 8.70. The van der Waals surface area contributed by atoms with Crippen molar-refractivity contribution < 1.29 is 4.79 Å². The third-order valence-electron chi connectivity index (χ3n) is 5.53. The molecule has 1 saturated carbocycles. The molecule has 0 unspecified atom stereocenters. The minimum absolute atomic E-state index is 0.152. The van der Waals surface area contributed by atoms with Gasteiger partial charge in [0.1, 0.15) is 0 Å². The summed E-state index contributed by atoms with van der Waals surface area (Å²) in [6.07, 6.45) is 2.37. The molecular formula is C19H28N6OS2. The van der Waals surface area contributed by atoms with Crippen LogP contribution in [-0.2, 0) is 6.67 Å². The normalized spacial score (nSPS) is 17.9. The molecule has 3 heterocycles. The van der Waals surface area contributed by atoms with Gasteiger partial charge < -0.3 is 9.80 Å². The number of carbonyl (C=O) groups is 1. The van der Waals surface area contributed by atoms with Gasteiger partial charge in [-0.05, 0) is 50.4 Å². The van der Waals surface area contributed by atoms with Crippen molar-refractivity contribution in [2.45, 2.75) is 39.4 Å². The van der Waals surface area contributed by atoms with Gasteiger partial charge in [0, 0.05) is 45.3 Å². The number of aromatic nitrogens is 3. The van der Waals surface area contributed by atoms with Crippen molar-refractivity contribution in [3.63, 3.8) is 0 Å². The van der Waals surface area contributed by atoms with Crippen molar-refractivity contribution in [2.75, 3.05) is 39.3 Å². The lowest BCUT2D eigenvalue weighted by molar-refractivity contribution is 0.0969. The second kappa shape index (κ2) is 8.34. The van der Waals surface area contributed by atoms with E-state index in [0.717, 1.165) is 49.9 Å². The summed E-state index contributed by atoms with van der Waals surface area (Å²) in [5.41, 5.74) is 0. The molecule has 0 bridgehead atoms. The molecule has 2 fully saturated rings. The minimum Gasteiger partial charge on any atom is -0.325 e. The fourth-order valence-electron chi connectivity index (χ4n) is 3.71. The van der Waals surface area contributed by atoms with Gasteiger partial charge in [-0.3, -0.25) is 9.47 Å². The van der Waals surface area contributed by atoms with Gasteiger partial charge in [-0.25, -0.2) is 9.48 Å². The summed E-state index contributed by atoms with van der Waals surface area (Å²) in [7, 11) is 0. The first kappa shape index (κ1) is 19.6. The van der Waals surface area contributed by atoms with E-state index in [0.29, 0.717) is 12.7 Å². The minimum atomic E-state index is 0.152. The van der Waals surface area contributed by atoms with E-state index < -0.39 is 0 Å². The average molecular weight is 421 g/mol. The van der Waals surface area contributed by atoms with Crippen LogP contribution in [0.5, 0.6) is 0 Å². The van der Waals surface area contributed by atoms with Crippen molar-refractivity contribution >= 4 is 29.6 Å². The van der Waals surface area contributed by atoms with E-state index in [4.69, 9.17) is 17.3 Å². The Morgan fingerprint density at radius 2 is 1.96 bits per heavy atom. The lowest BCUT2D eigenvalue weighted by Crippen LogP contribution is -2.53. The van der Waals surface area contributed by atoms with Crippen molar-refractivity contribution in [1.29, 1.82) is 0 Å². The van der Waals surface area contributed by atoms with E-state index in [2.05, 4.69) is 27.0 Å². The zero-order valence-electron chi connectivity index (χ0n) is 16.6. The Hall–Kier alpha value is -1.71. The van der Waals surface area contributed by atoms with Crippen LogP contribution in [0.4, 0.5) is 4.79 Å². The summed E-state index contributed by atoms with van der Waals surface area (Å²) in [6.45, 7) is 9.46. The third kappa shape index (κ3) is 3.88. The molecular weight excluding hydrogens is 392 g/mol. The van der Waals surface area contributed by atoms with Crippen LogP contribution in [0.15, 0.2) is 17.5 Å². The van der Waals surface area contributed by atoms with Crippen LogP contribution in [0, 0.1) is 4.77 Å². The van der Waals surface area contributed by atoms with Crippen LogP contribution in [0.1, 0.15) is 32.7 Å². The number of hydrogen-bond donors (Lipinski definition) is 0. The summed E-state index contributed by atoms with van der Waals surface area (Å²) in [5, 5.41) is 6.96. The van der Waals surface area contributed by atoms with E-state index in [1.54, 1.807) is 11.3 Å². The zero-order valence-corrected chi connectivity index (χ0v) is 18.2. The average Bonchev–Trinajstić information content (AvgIpc) is 3.29. The highest BCUT2D eigenvalue weighted by Gasteiger charge is 2.30. The molecule has 9 heteroatoms. The Kier molecular flexibility index (Phi) is 5.84. The molecule has 0 N–H and O–H groups in total. The molecule has 1 saturated heterocycles. The number of thiophene rings is 1. The molecule has 2 amide bonds. The molecule has 2 aromatic rings. The largest absolute Gasteiger partial charge is 0.325 e. The van der Waals surface area contributed by atoms with E-state index in [-0.39, 0.29) is 6.03 Å². The molecule has 1 aliphatic carbocycles. The monoisotopic (exact) mass is 420 g/mol. The number of urea groups is 1. The molecule has 2 aromatic heterocycles. The summed E-state index contributed by atoms with van der Waals surface area (Å²) in [5.74, 6) is 0.998. The molecule has 152 valence electrons. The maximum absolute atomic E-state index is 12.5. The first-order chi connectivity index (χ1) is 13.6. The fourth-order valence-corrected chi connectivity index (χ4v) is 4.75. The predicted molar refractivity (Wildman–Crippen MR) is 114 cm³/mol. The molecule has 0 radical (unpaired) electrons. The molecule has 0 aromatic carbocycles. The molecule has 7 nitrogen and oxygen atoms in total. The highest BCUT2D eigenvalue weighted by molar-refractivity contribution is 7.71. The van der Waals surface area contributed by atoms with Crippen molar-refractivity contribution in [3.8, 4) is 10.7 Å². The number of rotatable bonds is 6. The third-order valence-corrected chi connectivity index (χ3v) is 6.81. The van der Waals surface area contributed by atoms with E-state index in [1.165, 1.54) is 17.7 Å². The van der Waals surface area contributed by atoms with Gasteiger partial charge in [-0.15, -0.1) is 16.4 Å². The standard InChI is InChI=1S/C19H28N6OS2/c1-3-22(4-2)18(26)23-11-9-21(10-12-23)14-24-19(27)25(15-7-8-15)17(20-24)16-6-5-13-28-16/h5-6,13,15H,3-4,7-12,14H2,1-2H3. The lowest BCUT2D eigenvalue weighted by atomic mass is 10.3. The maximum Gasteiger partial charge on any atom is 0.320 e. The van der Waals surface area contributed by atoms with Gasteiger partial charge in [-0.2, -0.15) is 0 Å². The molecule has 0 spiro atoms. The first-order valence-electron chi connectivity index (χ1n) is 10.1. The fraction of sp³-hybridized carbons (Fsp3) is 0.632. The van der Waals surface area contributed by atoms with Gasteiger partial charge >= 0.3 is 6.03 Å². The Labute approximate surface area is 175 Å². The SMILES string of the molecule is CCN(CC)C(=O)N1CCN(Cn2nc(-c3cccs3)n(C3CC3)c2=S)CC1. The summed E-state index contributed by atoms with van der Waals surface area (Å²) in [6, 6.07) is 4.83. The number of nitrogens with zero attached hydrogens (tertiary/aromatic N) is 6. The van der Waals surface area contributed by atoms with Gasteiger partial charge in [0.05, 0.1) is 11.5 Å². The number of hydrogen-bond acceptors (Lipinski definition) is 5. The number of amides is 2. The highest BCUT2D eigenvalue weighted by Crippen LogP contribution is 2.39. The Morgan fingerprint density at radius 1 is 1.25 bits per heavy atom. The van der Waals surface area contributed by atoms with Crippen molar-refractivity contribution in [2.24, 2.45) is 0 Å². The smallest absolute Gasteiger partial charge is 0.320 e. The summed E-state index contributed by atoms with van der Waals surface area (Å²) < 4.78 is 5.01. The molecule has 4 rings (SSSR count). The van der Waals surface area contributed by atoms with Crippen LogP contribution in [0.2, 0.25) is 0 Å². The zero-order chi connectivity index (χ0) is 19.7. The van der Waals surface area contributed by atoms with Gasteiger partial charge in [-0.1, -0.05) is 6.07 Å². The molecule has 0 atom stereocenters. The summed E-state index contributed by atoms with van der Waals surface area (Å²) in [4.78, 5) is 19.9. The van der Waals surface area contributed by atoms with Crippen LogP contribution < -0.4 is 0 Å². The van der Waals surface area contributed by atoms with Crippen molar-refractivity contribution in [1.82, 2.24) is 29.0 Å². The second-order valence-electron chi connectivity index (χ2n) is 7.39. The number of carbonyl (C=O) groups excluding carboxylic acids is 1. The molecule has 28 heavy (non-hydrogen) atoms. The topological polar surface area (TPSA) is 49.5 Å².